The summed E-state index contributed by atoms with van der Waals surface area (Å²) in [6.07, 6.45) is 3.24. The van der Waals surface area contributed by atoms with Gasteiger partial charge in [-0.05, 0) is 30.2 Å². The van der Waals surface area contributed by atoms with Crippen LogP contribution in [0.15, 0.2) is 42.0 Å². The van der Waals surface area contributed by atoms with Crippen LogP contribution in [0.1, 0.15) is 35.8 Å². The van der Waals surface area contributed by atoms with E-state index >= 15 is 0 Å². The number of rotatable bonds is 4. The number of nitrogens with one attached hydrogen (secondary N) is 1. The molecule has 23 heavy (non-hydrogen) atoms. The lowest BCUT2D eigenvalue weighted by Crippen LogP contribution is -2.15. The third kappa shape index (κ3) is 3.28. The number of anilines is 1. The Morgan fingerprint density at radius 1 is 1.30 bits per heavy atom. The summed E-state index contributed by atoms with van der Waals surface area (Å²) in [5, 5.41) is 10.2. The number of aromatic nitrogens is 3. The number of carbonyl (C=O) groups is 1. The van der Waals surface area contributed by atoms with Crippen molar-refractivity contribution in [2.45, 2.75) is 19.8 Å². The Morgan fingerprint density at radius 2 is 2.04 bits per heavy atom. The van der Waals surface area contributed by atoms with Gasteiger partial charge >= 0.3 is 0 Å². The molecule has 0 unspecified atom stereocenters. The first kappa shape index (κ1) is 15.7. The molecule has 3 rings (SSSR count). The second-order valence-electron chi connectivity index (χ2n) is 5.28. The highest BCUT2D eigenvalue weighted by molar-refractivity contribution is 7.13. The molecule has 2 heterocycles. The van der Waals surface area contributed by atoms with E-state index in [1.165, 1.54) is 11.3 Å². The minimum atomic E-state index is -0.205. The predicted molar refractivity (Wildman–Crippen MR) is 92.7 cm³/mol. The molecule has 5 nitrogen and oxygen atoms in total. The van der Waals surface area contributed by atoms with Crippen LogP contribution in [0.5, 0.6) is 0 Å². The second kappa shape index (κ2) is 6.52. The Labute approximate surface area is 142 Å². The number of benzene rings is 1. The van der Waals surface area contributed by atoms with Crippen LogP contribution in [-0.4, -0.2) is 20.7 Å². The standard InChI is InChI=1S/C16H15ClN4OS/c1-10(2)14-13(15(22)20-16-18-7-8-23-16)9-19-21(14)12-5-3-11(17)4-6-12/h3-10H,1-2H3,(H,18,20,22). The number of carbonyl (C=O) groups excluding carboxylic acids is 1. The van der Waals surface area contributed by atoms with Gasteiger partial charge in [0.05, 0.1) is 23.1 Å². The van der Waals surface area contributed by atoms with Crippen LogP contribution in [0.4, 0.5) is 5.13 Å². The van der Waals surface area contributed by atoms with Crippen LogP contribution < -0.4 is 5.32 Å². The molecule has 1 N–H and O–H groups in total. The maximum Gasteiger partial charge on any atom is 0.260 e. The molecule has 0 atom stereocenters. The van der Waals surface area contributed by atoms with E-state index in [1.807, 2.05) is 31.4 Å². The predicted octanol–water partition coefficient (Wildman–Crippen LogP) is 4.36. The van der Waals surface area contributed by atoms with Crippen molar-refractivity contribution in [3.63, 3.8) is 0 Å². The molecule has 0 saturated heterocycles. The Hall–Kier alpha value is -2.18. The smallest absolute Gasteiger partial charge is 0.260 e. The van der Waals surface area contributed by atoms with Crippen molar-refractivity contribution in [2.24, 2.45) is 0 Å². The number of thiazole rings is 1. The summed E-state index contributed by atoms with van der Waals surface area (Å²) in [4.78, 5) is 16.6. The summed E-state index contributed by atoms with van der Waals surface area (Å²) in [5.74, 6) is -0.0749. The maximum absolute atomic E-state index is 12.5. The van der Waals surface area contributed by atoms with E-state index in [9.17, 15) is 4.79 Å². The molecule has 1 aromatic carbocycles. The van der Waals surface area contributed by atoms with Crippen LogP contribution in [0.3, 0.4) is 0 Å². The number of hydrogen-bond donors (Lipinski definition) is 1. The van der Waals surface area contributed by atoms with Gasteiger partial charge in [0.25, 0.3) is 5.91 Å². The summed E-state index contributed by atoms with van der Waals surface area (Å²) in [6.45, 7) is 4.06. The lowest BCUT2D eigenvalue weighted by atomic mass is 10.1. The molecule has 0 radical (unpaired) electrons. The van der Waals surface area contributed by atoms with E-state index in [1.54, 1.807) is 29.2 Å². The fraction of sp³-hybridized carbons (Fsp3) is 0.188. The fourth-order valence-electron chi connectivity index (χ4n) is 2.33. The topological polar surface area (TPSA) is 59.8 Å². The van der Waals surface area contributed by atoms with Gasteiger partial charge in [0.15, 0.2) is 5.13 Å². The van der Waals surface area contributed by atoms with Crippen molar-refractivity contribution < 1.29 is 4.79 Å². The van der Waals surface area contributed by atoms with Crippen molar-refractivity contribution in [3.8, 4) is 5.69 Å². The molecule has 7 heteroatoms. The SMILES string of the molecule is CC(C)c1c(C(=O)Nc2nccs2)cnn1-c1ccc(Cl)cc1. The average molecular weight is 347 g/mol. The van der Waals surface area contributed by atoms with Gasteiger partial charge in [0.2, 0.25) is 0 Å². The Bertz CT molecular complexity index is 809. The third-order valence-corrected chi connectivity index (χ3v) is 4.26. The van der Waals surface area contributed by atoms with Gasteiger partial charge < -0.3 is 0 Å². The maximum atomic E-state index is 12.5. The van der Waals surface area contributed by atoms with Crippen molar-refractivity contribution in [3.05, 3.63) is 58.3 Å². The Balaban J connectivity index is 1.98. The first-order valence-electron chi connectivity index (χ1n) is 7.11. The normalized spacial score (nSPS) is 11.0. The molecule has 1 amide bonds. The number of nitrogens with zero attached hydrogens (tertiary/aromatic N) is 3. The lowest BCUT2D eigenvalue weighted by Gasteiger charge is -2.12. The van der Waals surface area contributed by atoms with Gasteiger partial charge in [-0.1, -0.05) is 25.4 Å². The molecule has 0 aliphatic rings. The van der Waals surface area contributed by atoms with E-state index in [0.717, 1.165) is 11.4 Å². The zero-order valence-corrected chi connectivity index (χ0v) is 14.2. The van der Waals surface area contributed by atoms with Gasteiger partial charge in [-0.15, -0.1) is 11.3 Å². The molecule has 0 spiro atoms. The molecule has 0 saturated carbocycles. The van der Waals surface area contributed by atoms with Crippen molar-refractivity contribution in [1.82, 2.24) is 14.8 Å². The van der Waals surface area contributed by atoms with Crippen molar-refractivity contribution in [2.75, 3.05) is 5.32 Å². The number of halogens is 1. The lowest BCUT2D eigenvalue weighted by molar-refractivity contribution is 0.102. The molecule has 0 fully saturated rings. The monoisotopic (exact) mass is 346 g/mol. The average Bonchev–Trinajstić information content (AvgIpc) is 3.16. The molecule has 2 aromatic heterocycles. The number of hydrogen-bond acceptors (Lipinski definition) is 4. The van der Waals surface area contributed by atoms with Crippen molar-refractivity contribution in [1.29, 1.82) is 0 Å². The van der Waals surface area contributed by atoms with Crippen LogP contribution in [-0.2, 0) is 0 Å². The molecule has 0 aliphatic carbocycles. The number of amides is 1. The van der Waals surface area contributed by atoms with E-state index in [4.69, 9.17) is 11.6 Å². The van der Waals surface area contributed by atoms with Crippen LogP contribution >= 0.6 is 22.9 Å². The van der Waals surface area contributed by atoms with Crippen LogP contribution in [0.2, 0.25) is 5.02 Å². The Kier molecular flexibility index (Phi) is 4.45. The van der Waals surface area contributed by atoms with Gasteiger partial charge in [-0.25, -0.2) is 9.67 Å². The van der Waals surface area contributed by atoms with E-state index in [-0.39, 0.29) is 11.8 Å². The second-order valence-corrected chi connectivity index (χ2v) is 6.61. The summed E-state index contributed by atoms with van der Waals surface area (Å²) < 4.78 is 1.78. The van der Waals surface area contributed by atoms with Gasteiger partial charge in [-0.3, -0.25) is 10.1 Å². The van der Waals surface area contributed by atoms with Gasteiger partial charge in [0, 0.05) is 16.6 Å². The van der Waals surface area contributed by atoms with Crippen LogP contribution in [0.25, 0.3) is 5.69 Å². The molecular formula is C16H15ClN4OS. The molecule has 118 valence electrons. The zero-order chi connectivity index (χ0) is 16.4. The third-order valence-electron chi connectivity index (χ3n) is 3.32. The Morgan fingerprint density at radius 3 is 2.65 bits per heavy atom. The molecule has 0 bridgehead atoms. The zero-order valence-electron chi connectivity index (χ0n) is 12.7. The van der Waals surface area contributed by atoms with Crippen LogP contribution in [0, 0.1) is 0 Å². The first-order valence-corrected chi connectivity index (χ1v) is 8.36. The summed E-state index contributed by atoms with van der Waals surface area (Å²) in [5.41, 5.74) is 2.26. The summed E-state index contributed by atoms with van der Waals surface area (Å²) in [6, 6.07) is 7.36. The highest BCUT2D eigenvalue weighted by atomic mass is 35.5. The minimum Gasteiger partial charge on any atom is -0.298 e. The molecular weight excluding hydrogens is 332 g/mol. The quantitative estimate of drug-likeness (QED) is 0.763. The van der Waals surface area contributed by atoms with E-state index in [2.05, 4.69) is 15.4 Å². The molecule has 0 aliphatic heterocycles. The highest BCUT2D eigenvalue weighted by Gasteiger charge is 2.21. The van der Waals surface area contributed by atoms with Gasteiger partial charge in [-0.2, -0.15) is 5.10 Å². The largest absolute Gasteiger partial charge is 0.298 e. The van der Waals surface area contributed by atoms with Gasteiger partial charge in [0.1, 0.15) is 0 Å². The van der Waals surface area contributed by atoms with Crippen molar-refractivity contribution >= 4 is 34.0 Å². The molecule has 3 aromatic rings. The first-order chi connectivity index (χ1) is 11.1. The summed E-state index contributed by atoms with van der Waals surface area (Å²) in [7, 11) is 0. The van der Waals surface area contributed by atoms with E-state index < -0.39 is 0 Å². The fourth-order valence-corrected chi connectivity index (χ4v) is 2.98. The van der Waals surface area contributed by atoms with E-state index in [0.29, 0.717) is 15.7 Å². The minimum absolute atomic E-state index is 0.130. The summed E-state index contributed by atoms with van der Waals surface area (Å²) >= 11 is 7.32. The highest BCUT2D eigenvalue weighted by Crippen LogP contribution is 2.25.